The molecule has 1 aromatic carbocycles. The number of nitro groups is 1. The molecule has 0 bridgehead atoms. The Morgan fingerprint density at radius 1 is 1.56 bits per heavy atom. The molecule has 18 heavy (non-hydrogen) atoms. The van der Waals surface area contributed by atoms with Crippen molar-refractivity contribution in [3.63, 3.8) is 0 Å². The van der Waals surface area contributed by atoms with Gasteiger partial charge < -0.3 is 10.1 Å². The summed E-state index contributed by atoms with van der Waals surface area (Å²) in [6.07, 6.45) is -0.0335. The van der Waals surface area contributed by atoms with Gasteiger partial charge >= 0.3 is 0 Å². The van der Waals surface area contributed by atoms with E-state index in [0.29, 0.717) is 17.7 Å². The summed E-state index contributed by atoms with van der Waals surface area (Å²) in [6.45, 7) is 3.44. The molecule has 0 aliphatic rings. The second-order valence-corrected chi connectivity index (χ2v) is 3.82. The third-order valence-electron chi connectivity index (χ3n) is 2.65. The molecule has 0 aliphatic heterocycles. The molecule has 0 spiro atoms. The molecule has 0 saturated carbocycles. The van der Waals surface area contributed by atoms with Gasteiger partial charge in [0.25, 0.3) is 11.6 Å². The normalized spacial score (nSPS) is 11.9. The van der Waals surface area contributed by atoms with Gasteiger partial charge in [-0.3, -0.25) is 14.9 Å². The minimum Gasteiger partial charge on any atom is -0.372 e. The first-order valence-electron chi connectivity index (χ1n) is 5.60. The summed E-state index contributed by atoms with van der Waals surface area (Å²) in [5.74, 6) is -0.337. The standard InChI is InChI=1S/C12H16N2O4/c1-4-9-5-6-10(7-11(9)14(16)17)13-12(15)8(2)18-3/h5-8H,4H2,1-3H3,(H,13,15). The van der Waals surface area contributed by atoms with Crippen LogP contribution in [0.1, 0.15) is 19.4 Å². The largest absolute Gasteiger partial charge is 0.372 e. The van der Waals surface area contributed by atoms with E-state index < -0.39 is 11.0 Å². The predicted molar refractivity (Wildman–Crippen MR) is 67.6 cm³/mol. The van der Waals surface area contributed by atoms with Gasteiger partial charge in [0.15, 0.2) is 0 Å². The molecule has 1 unspecified atom stereocenters. The maximum absolute atomic E-state index is 11.6. The zero-order chi connectivity index (χ0) is 13.7. The Morgan fingerprint density at radius 3 is 2.72 bits per heavy atom. The summed E-state index contributed by atoms with van der Waals surface area (Å²) in [5.41, 5.74) is 1.05. The number of hydrogen-bond acceptors (Lipinski definition) is 4. The monoisotopic (exact) mass is 252 g/mol. The second-order valence-electron chi connectivity index (χ2n) is 3.82. The van der Waals surface area contributed by atoms with Crippen molar-refractivity contribution < 1.29 is 14.5 Å². The second kappa shape index (κ2) is 6.11. The molecule has 98 valence electrons. The van der Waals surface area contributed by atoms with E-state index in [4.69, 9.17) is 4.74 Å². The molecule has 0 heterocycles. The molecule has 0 aromatic heterocycles. The van der Waals surface area contributed by atoms with Crippen LogP contribution in [-0.4, -0.2) is 24.0 Å². The quantitative estimate of drug-likeness (QED) is 0.643. The van der Waals surface area contributed by atoms with Crippen LogP contribution in [0.3, 0.4) is 0 Å². The van der Waals surface area contributed by atoms with Crippen molar-refractivity contribution in [2.24, 2.45) is 0 Å². The number of nitro benzene ring substituents is 1. The van der Waals surface area contributed by atoms with Crippen molar-refractivity contribution in [3.8, 4) is 0 Å². The molecule has 1 N–H and O–H groups in total. The number of nitrogens with one attached hydrogen (secondary N) is 1. The molecular weight excluding hydrogens is 236 g/mol. The lowest BCUT2D eigenvalue weighted by Gasteiger charge is -2.10. The van der Waals surface area contributed by atoms with E-state index >= 15 is 0 Å². The molecule has 0 saturated heterocycles. The van der Waals surface area contributed by atoms with Gasteiger partial charge in [0.05, 0.1) is 4.92 Å². The molecule has 0 radical (unpaired) electrons. The zero-order valence-corrected chi connectivity index (χ0v) is 10.6. The zero-order valence-electron chi connectivity index (χ0n) is 10.6. The highest BCUT2D eigenvalue weighted by molar-refractivity contribution is 5.94. The van der Waals surface area contributed by atoms with Crippen molar-refractivity contribution in [1.29, 1.82) is 0 Å². The summed E-state index contributed by atoms with van der Waals surface area (Å²) in [6, 6.07) is 4.65. The summed E-state index contributed by atoms with van der Waals surface area (Å²) in [4.78, 5) is 22.0. The molecular formula is C12H16N2O4. The van der Waals surface area contributed by atoms with Crippen LogP contribution in [0.5, 0.6) is 0 Å². The fourth-order valence-corrected chi connectivity index (χ4v) is 1.46. The average Bonchev–Trinajstić information content (AvgIpc) is 2.37. The van der Waals surface area contributed by atoms with E-state index in [9.17, 15) is 14.9 Å². The maximum atomic E-state index is 11.6. The number of hydrogen-bond donors (Lipinski definition) is 1. The van der Waals surface area contributed by atoms with E-state index in [0.717, 1.165) is 0 Å². The number of aryl methyl sites for hydroxylation is 1. The Bertz CT molecular complexity index is 459. The fraction of sp³-hybridized carbons (Fsp3) is 0.417. The number of nitrogens with zero attached hydrogens (tertiary/aromatic N) is 1. The van der Waals surface area contributed by atoms with E-state index in [-0.39, 0.29) is 11.6 Å². The summed E-state index contributed by atoms with van der Waals surface area (Å²) < 4.78 is 4.86. The average molecular weight is 252 g/mol. The minimum atomic E-state index is -0.602. The van der Waals surface area contributed by atoms with E-state index in [1.807, 2.05) is 6.92 Å². The molecule has 1 amide bonds. The Balaban J connectivity index is 2.95. The first-order chi connectivity index (χ1) is 8.49. The summed E-state index contributed by atoms with van der Waals surface area (Å²) in [7, 11) is 1.42. The van der Waals surface area contributed by atoms with Crippen LogP contribution >= 0.6 is 0 Å². The minimum absolute atomic E-state index is 0.0142. The lowest BCUT2D eigenvalue weighted by Crippen LogP contribution is -2.26. The van der Waals surface area contributed by atoms with Crippen LogP contribution in [0, 0.1) is 10.1 Å². The van der Waals surface area contributed by atoms with Gasteiger partial charge in [-0.15, -0.1) is 0 Å². The number of anilines is 1. The summed E-state index contributed by atoms with van der Waals surface area (Å²) >= 11 is 0. The molecule has 0 aliphatic carbocycles. The van der Waals surface area contributed by atoms with Gasteiger partial charge in [-0.05, 0) is 19.4 Å². The van der Waals surface area contributed by atoms with Gasteiger partial charge in [-0.2, -0.15) is 0 Å². The fourth-order valence-electron chi connectivity index (χ4n) is 1.46. The number of carbonyl (C=O) groups excluding carboxylic acids is 1. The van der Waals surface area contributed by atoms with Gasteiger partial charge in [-0.1, -0.05) is 13.0 Å². The molecule has 1 atom stereocenters. The molecule has 0 fully saturated rings. The lowest BCUT2D eigenvalue weighted by molar-refractivity contribution is -0.385. The van der Waals surface area contributed by atoms with Gasteiger partial charge in [0, 0.05) is 24.4 Å². The highest BCUT2D eigenvalue weighted by atomic mass is 16.6. The number of ether oxygens (including phenoxy) is 1. The predicted octanol–water partition coefficient (Wildman–Crippen LogP) is 2.13. The van der Waals surface area contributed by atoms with Crippen molar-refractivity contribution >= 4 is 17.3 Å². The smallest absolute Gasteiger partial charge is 0.274 e. The molecule has 1 rings (SSSR count). The number of amides is 1. The SMILES string of the molecule is CCc1ccc(NC(=O)C(C)OC)cc1[N+](=O)[O-]. The molecule has 1 aromatic rings. The lowest BCUT2D eigenvalue weighted by atomic mass is 10.1. The van der Waals surface area contributed by atoms with Crippen LogP contribution in [0.25, 0.3) is 0 Å². The van der Waals surface area contributed by atoms with Crippen molar-refractivity contribution in [2.45, 2.75) is 26.4 Å². The van der Waals surface area contributed by atoms with Gasteiger partial charge in [0.1, 0.15) is 6.10 Å². The Kier molecular flexibility index (Phi) is 4.79. The first-order valence-corrected chi connectivity index (χ1v) is 5.60. The van der Waals surface area contributed by atoms with E-state index in [1.165, 1.54) is 13.2 Å². The van der Waals surface area contributed by atoms with Gasteiger partial charge in [-0.25, -0.2) is 0 Å². The highest BCUT2D eigenvalue weighted by Gasteiger charge is 2.16. The van der Waals surface area contributed by atoms with Crippen LogP contribution in [-0.2, 0) is 16.0 Å². The van der Waals surface area contributed by atoms with Gasteiger partial charge in [0.2, 0.25) is 0 Å². The van der Waals surface area contributed by atoms with E-state index in [1.54, 1.807) is 19.1 Å². The van der Waals surface area contributed by atoms with Crippen LogP contribution < -0.4 is 5.32 Å². The maximum Gasteiger partial charge on any atom is 0.274 e. The van der Waals surface area contributed by atoms with E-state index in [2.05, 4.69) is 5.32 Å². The van der Waals surface area contributed by atoms with Crippen LogP contribution in [0.4, 0.5) is 11.4 Å². The topological polar surface area (TPSA) is 81.5 Å². The molecule has 6 nitrogen and oxygen atoms in total. The Labute approximate surface area is 105 Å². The number of carbonyl (C=O) groups is 1. The van der Waals surface area contributed by atoms with Crippen LogP contribution in [0.15, 0.2) is 18.2 Å². The number of benzene rings is 1. The Hall–Kier alpha value is -1.95. The molecule has 6 heteroatoms. The van der Waals surface area contributed by atoms with Crippen molar-refractivity contribution in [2.75, 3.05) is 12.4 Å². The number of rotatable bonds is 5. The Morgan fingerprint density at radius 2 is 2.22 bits per heavy atom. The van der Waals surface area contributed by atoms with Crippen LogP contribution in [0.2, 0.25) is 0 Å². The highest BCUT2D eigenvalue weighted by Crippen LogP contribution is 2.23. The third-order valence-corrected chi connectivity index (χ3v) is 2.65. The van der Waals surface area contributed by atoms with Crippen molar-refractivity contribution in [1.82, 2.24) is 0 Å². The van der Waals surface area contributed by atoms with Crippen molar-refractivity contribution in [3.05, 3.63) is 33.9 Å². The number of methoxy groups -OCH3 is 1. The third kappa shape index (κ3) is 3.27. The first kappa shape index (κ1) is 14.1. The summed E-state index contributed by atoms with van der Waals surface area (Å²) in [5, 5.41) is 13.4.